The lowest BCUT2D eigenvalue weighted by molar-refractivity contribution is 0.310. The minimum atomic E-state index is -3.17. The van der Waals surface area contributed by atoms with Gasteiger partial charge in [0.2, 0.25) is 0 Å². The van der Waals surface area contributed by atoms with Crippen molar-refractivity contribution in [2.45, 2.75) is 13.0 Å². The zero-order valence-corrected chi connectivity index (χ0v) is 11.6. The lowest BCUT2D eigenvalue weighted by Crippen LogP contribution is -2.10. The van der Waals surface area contributed by atoms with E-state index in [1.807, 2.05) is 6.92 Å². The molecule has 1 N–H and O–H groups in total. The van der Waals surface area contributed by atoms with Gasteiger partial charge < -0.3 is 15.2 Å². The zero-order chi connectivity index (χ0) is 13.8. The first-order valence-corrected chi connectivity index (χ1v) is 7.63. The second-order valence-electron chi connectivity index (χ2n) is 3.99. The van der Waals surface area contributed by atoms with Crippen LogP contribution in [0.5, 0.6) is 11.5 Å². The van der Waals surface area contributed by atoms with E-state index >= 15 is 0 Å². The van der Waals surface area contributed by atoms with Crippen molar-refractivity contribution < 1.29 is 17.9 Å². The van der Waals surface area contributed by atoms with E-state index in [-0.39, 0.29) is 5.75 Å². The first kappa shape index (κ1) is 14.8. The fourth-order valence-corrected chi connectivity index (χ4v) is 2.38. The minimum Gasteiger partial charge on any atom is -0.670 e. The molecule has 0 radical (unpaired) electrons. The summed E-state index contributed by atoms with van der Waals surface area (Å²) in [7, 11) is -1.64. The first-order valence-electron chi connectivity index (χ1n) is 5.57. The van der Waals surface area contributed by atoms with Crippen molar-refractivity contribution in [3.63, 3.8) is 0 Å². The minimum absolute atomic E-state index is 0.203. The van der Waals surface area contributed by atoms with Gasteiger partial charge in [-0.2, -0.15) is 0 Å². The molecule has 18 heavy (non-hydrogen) atoms. The Bertz CT molecular complexity index is 499. The highest BCUT2D eigenvalue weighted by Gasteiger charge is 2.11. The molecule has 0 aromatic heterocycles. The van der Waals surface area contributed by atoms with Gasteiger partial charge in [0.15, 0.2) is 11.5 Å². The molecule has 0 bridgehead atoms. The normalized spacial score (nSPS) is 13.1. The average molecular weight is 272 g/mol. The molecule has 102 valence electrons. The van der Waals surface area contributed by atoms with E-state index in [1.165, 1.54) is 7.11 Å². The second-order valence-corrected chi connectivity index (χ2v) is 6.17. The second kappa shape index (κ2) is 6.06. The van der Waals surface area contributed by atoms with Crippen molar-refractivity contribution in [1.29, 1.82) is 0 Å². The third kappa shape index (κ3) is 4.19. The van der Waals surface area contributed by atoms with Gasteiger partial charge >= 0.3 is 0 Å². The van der Waals surface area contributed by atoms with Crippen LogP contribution >= 0.6 is 0 Å². The predicted octanol–water partition coefficient (Wildman–Crippen LogP) is 2.23. The molecule has 0 fully saturated rings. The van der Waals surface area contributed by atoms with Crippen LogP contribution in [-0.4, -0.2) is 34.1 Å². The Balaban J connectivity index is 3.00. The Hall–Kier alpha value is -1.27. The summed E-state index contributed by atoms with van der Waals surface area (Å²) in [5.41, 5.74) is 8.45. The Morgan fingerprint density at radius 2 is 2.00 bits per heavy atom. The molecule has 0 aliphatic heterocycles. The molecular formula is C12H18NO4S-. The number of nitrogens with one attached hydrogen (secondary N) is 1. The highest BCUT2D eigenvalue weighted by atomic mass is 32.2. The molecule has 0 saturated heterocycles. The van der Waals surface area contributed by atoms with Crippen LogP contribution < -0.4 is 9.47 Å². The van der Waals surface area contributed by atoms with Gasteiger partial charge in [-0.3, -0.25) is 0 Å². The van der Waals surface area contributed by atoms with Crippen molar-refractivity contribution in [3.05, 3.63) is 29.5 Å². The average Bonchev–Trinajstić information content (AvgIpc) is 2.27. The number of benzene rings is 1. The summed E-state index contributed by atoms with van der Waals surface area (Å²) in [6.45, 7) is 2.33. The highest BCUT2D eigenvalue weighted by molar-refractivity contribution is 7.90. The lowest BCUT2D eigenvalue weighted by Gasteiger charge is -2.21. The summed E-state index contributed by atoms with van der Waals surface area (Å²) < 4.78 is 32.9. The number of ether oxygens (including phenoxy) is 2. The summed E-state index contributed by atoms with van der Waals surface area (Å²) in [5, 5.41) is 0. The number of sulfone groups is 1. The summed E-state index contributed by atoms with van der Waals surface area (Å²) in [5.74, 6) is 0.903. The van der Waals surface area contributed by atoms with E-state index < -0.39 is 15.9 Å². The van der Waals surface area contributed by atoms with Crippen LogP contribution in [0.4, 0.5) is 0 Å². The smallest absolute Gasteiger partial charge is 0.161 e. The van der Waals surface area contributed by atoms with Gasteiger partial charge in [-0.1, -0.05) is 17.7 Å². The third-order valence-electron chi connectivity index (χ3n) is 2.36. The molecule has 1 rings (SSSR count). The van der Waals surface area contributed by atoms with Gasteiger partial charge in [-0.25, -0.2) is 8.42 Å². The highest BCUT2D eigenvalue weighted by Crippen LogP contribution is 2.31. The molecule has 0 amide bonds. The molecular weight excluding hydrogens is 254 g/mol. The van der Waals surface area contributed by atoms with Crippen LogP contribution in [0.3, 0.4) is 0 Å². The van der Waals surface area contributed by atoms with E-state index in [0.717, 1.165) is 6.26 Å². The summed E-state index contributed by atoms with van der Waals surface area (Å²) in [6, 6.07) is 4.21. The molecule has 0 heterocycles. The molecule has 0 spiro atoms. The van der Waals surface area contributed by atoms with Crippen LogP contribution in [0.15, 0.2) is 18.2 Å². The lowest BCUT2D eigenvalue weighted by atomic mass is 10.1. The van der Waals surface area contributed by atoms with Crippen molar-refractivity contribution in [1.82, 2.24) is 0 Å². The largest absolute Gasteiger partial charge is 0.670 e. The maximum Gasteiger partial charge on any atom is 0.161 e. The Morgan fingerprint density at radius 3 is 2.50 bits per heavy atom. The SMILES string of the molecule is CCOc1cc([C@H]([NH-])CS(C)(=O)=O)ccc1OC. The van der Waals surface area contributed by atoms with Gasteiger partial charge in [0.25, 0.3) is 0 Å². The van der Waals surface area contributed by atoms with Crippen LogP contribution in [0.25, 0.3) is 5.73 Å². The van der Waals surface area contributed by atoms with Crippen molar-refractivity contribution >= 4 is 9.84 Å². The molecule has 5 nitrogen and oxygen atoms in total. The maximum atomic E-state index is 11.2. The summed E-state index contributed by atoms with van der Waals surface area (Å²) >= 11 is 0. The Labute approximate surface area is 108 Å². The molecule has 1 aromatic carbocycles. The molecule has 1 atom stereocenters. The number of rotatable bonds is 6. The molecule has 0 aliphatic carbocycles. The van der Waals surface area contributed by atoms with Gasteiger partial charge in [0.1, 0.15) is 9.84 Å². The van der Waals surface area contributed by atoms with E-state index in [1.54, 1.807) is 18.2 Å². The number of hydrogen-bond acceptors (Lipinski definition) is 4. The number of hydrogen-bond donors (Lipinski definition) is 0. The predicted molar refractivity (Wildman–Crippen MR) is 70.9 cm³/mol. The summed E-state index contributed by atoms with van der Waals surface area (Å²) in [6.07, 6.45) is 1.13. The standard InChI is InChI=1S/C12H18NO4S/c1-4-17-12-7-9(5-6-11(12)16-2)10(13)8-18(3,14)15/h5-7,10,13H,4,8H2,1-3H3/q-1/t10-/m1/s1. The first-order chi connectivity index (χ1) is 8.37. The van der Waals surface area contributed by atoms with E-state index in [4.69, 9.17) is 15.2 Å². The van der Waals surface area contributed by atoms with Crippen LogP contribution in [0.2, 0.25) is 0 Å². The zero-order valence-electron chi connectivity index (χ0n) is 10.8. The van der Waals surface area contributed by atoms with Crippen molar-refractivity contribution in [3.8, 4) is 11.5 Å². The third-order valence-corrected chi connectivity index (χ3v) is 3.30. The molecule has 0 saturated carbocycles. The van der Waals surface area contributed by atoms with E-state index in [2.05, 4.69) is 0 Å². The maximum absolute atomic E-state index is 11.2. The Morgan fingerprint density at radius 1 is 1.33 bits per heavy atom. The van der Waals surface area contributed by atoms with E-state index in [9.17, 15) is 8.42 Å². The van der Waals surface area contributed by atoms with Gasteiger partial charge in [0, 0.05) is 12.0 Å². The van der Waals surface area contributed by atoms with Gasteiger partial charge in [-0.15, -0.1) is 0 Å². The summed E-state index contributed by atoms with van der Waals surface area (Å²) in [4.78, 5) is 0. The topological polar surface area (TPSA) is 76.4 Å². The fourth-order valence-electron chi connectivity index (χ4n) is 1.58. The molecule has 0 aliphatic rings. The number of methoxy groups -OCH3 is 1. The van der Waals surface area contributed by atoms with Crippen LogP contribution in [0, 0.1) is 0 Å². The fraction of sp³-hybridized carbons (Fsp3) is 0.500. The van der Waals surface area contributed by atoms with Crippen molar-refractivity contribution in [2.24, 2.45) is 0 Å². The Kier molecular flexibility index (Phi) is 4.98. The van der Waals surface area contributed by atoms with Crippen molar-refractivity contribution in [2.75, 3.05) is 25.7 Å². The van der Waals surface area contributed by atoms with Crippen LogP contribution in [0.1, 0.15) is 18.5 Å². The van der Waals surface area contributed by atoms with Gasteiger partial charge in [0.05, 0.1) is 13.7 Å². The quantitative estimate of drug-likeness (QED) is 0.795. The monoisotopic (exact) mass is 272 g/mol. The molecule has 0 unspecified atom stereocenters. The van der Waals surface area contributed by atoms with Gasteiger partial charge in [-0.05, 0) is 19.1 Å². The molecule has 6 heteroatoms. The molecule has 1 aromatic rings. The van der Waals surface area contributed by atoms with Crippen LogP contribution in [-0.2, 0) is 9.84 Å². The van der Waals surface area contributed by atoms with E-state index in [0.29, 0.717) is 23.7 Å².